The third kappa shape index (κ3) is 2.81. The Kier molecular flexibility index (Phi) is 3.56. The predicted molar refractivity (Wildman–Crippen MR) is 75.8 cm³/mol. The molecular formula is C16H22N2O. The van der Waals surface area contributed by atoms with Crippen LogP contribution < -0.4 is 10.6 Å². The third-order valence-corrected chi connectivity index (χ3v) is 4.41. The van der Waals surface area contributed by atoms with Crippen molar-refractivity contribution in [3.05, 3.63) is 35.9 Å². The van der Waals surface area contributed by atoms with Gasteiger partial charge in [-0.15, -0.1) is 0 Å². The molecule has 3 heteroatoms. The molecule has 3 rings (SSSR count). The first-order valence-electron chi connectivity index (χ1n) is 7.32. The molecule has 2 bridgehead atoms. The van der Waals surface area contributed by atoms with Gasteiger partial charge in [-0.3, -0.25) is 4.79 Å². The van der Waals surface area contributed by atoms with Gasteiger partial charge < -0.3 is 10.6 Å². The minimum atomic E-state index is 0.192. The van der Waals surface area contributed by atoms with E-state index >= 15 is 0 Å². The normalized spacial score (nSPS) is 30.3. The largest absolute Gasteiger partial charge is 0.353 e. The van der Waals surface area contributed by atoms with Crippen molar-refractivity contribution in [2.45, 2.75) is 50.7 Å². The van der Waals surface area contributed by atoms with E-state index in [1.165, 1.54) is 12.0 Å². The molecule has 2 aliphatic heterocycles. The summed E-state index contributed by atoms with van der Waals surface area (Å²) in [7, 11) is 0. The van der Waals surface area contributed by atoms with Gasteiger partial charge in [0.25, 0.3) is 0 Å². The van der Waals surface area contributed by atoms with E-state index in [2.05, 4.69) is 29.7 Å². The van der Waals surface area contributed by atoms with Crippen molar-refractivity contribution in [1.82, 2.24) is 10.6 Å². The maximum Gasteiger partial charge on any atom is 0.224 e. The Labute approximate surface area is 114 Å². The molecule has 19 heavy (non-hydrogen) atoms. The maximum absolute atomic E-state index is 12.3. The Hall–Kier alpha value is -1.35. The Bertz CT molecular complexity index is 445. The average Bonchev–Trinajstić information content (AvgIpc) is 3.02. The van der Waals surface area contributed by atoms with E-state index in [1.54, 1.807) is 0 Å². The van der Waals surface area contributed by atoms with Crippen molar-refractivity contribution < 1.29 is 4.79 Å². The standard InChI is InChI=1S/C16H22N2O/c1-11(9-12-5-3-2-4-6-12)17-16(19)14-10-13-7-8-15(14)18-13/h2-6,11,13-15,18H,7-10H2,1H3,(H,17,19). The van der Waals surface area contributed by atoms with E-state index in [4.69, 9.17) is 0 Å². The molecule has 0 aromatic heterocycles. The SMILES string of the molecule is CC(Cc1ccccc1)NC(=O)C1CC2CCC1N2. The molecule has 3 nitrogen and oxygen atoms in total. The van der Waals surface area contributed by atoms with Gasteiger partial charge >= 0.3 is 0 Å². The fourth-order valence-corrected chi connectivity index (χ4v) is 3.48. The summed E-state index contributed by atoms with van der Waals surface area (Å²) in [6, 6.07) is 11.6. The molecule has 0 aliphatic carbocycles. The summed E-state index contributed by atoms with van der Waals surface area (Å²) >= 11 is 0. The number of benzene rings is 1. The molecule has 4 unspecified atom stereocenters. The molecule has 0 spiro atoms. The number of hydrogen-bond acceptors (Lipinski definition) is 2. The molecule has 1 amide bonds. The summed E-state index contributed by atoms with van der Waals surface area (Å²) in [6.07, 6.45) is 4.33. The monoisotopic (exact) mass is 258 g/mol. The molecule has 1 aromatic rings. The molecule has 102 valence electrons. The molecule has 4 atom stereocenters. The lowest BCUT2D eigenvalue weighted by atomic mass is 9.88. The third-order valence-electron chi connectivity index (χ3n) is 4.41. The molecule has 2 fully saturated rings. The van der Waals surface area contributed by atoms with Gasteiger partial charge in [0.1, 0.15) is 0 Å². The van der Waals surface area contributed by atoms with Gasteiger partial charge in [-0.25, -0.2) is 0 Å². The molecule has 2 aliphatic rings. The Balaban J connectivity index is 1.52. The van der Waals surface area contributed by atoms with Crippen molar-refractivity contribution in [3.63, 3.8) is 0 Å². The maximum atomic E-state index is 12.3. The van der Waals surface area contributed by atoms with E-state index in [9.17, 15) is 4.79 Å². The first-order chi connectivity index (χ1) is 9.22. The zero-order valence-electron chi connectivity index (χ0n) is 11.4. The fraction of sp³-hybridized carbons (Fsp3) is 0.562. The first-order valence-corrected chi connectivity index (χ1v) is 7.32. The van der Waals surface area contributed by atoms with Gasteiger partial charge in [0.15, 0.2) is 0 Å². The van der Waals surface area contributed by atoms with E-state index in [0.29, 0.717) is 12.1 Å². The van der Waals surface area contributed by atoms with Crippen LogP contribution in [0.3, 0.4) is 0 Å². The summed E-state index contributed by atoms with van der Waals surface area (Å²) in [4.78, 5) is 12.3. The van der Waals surface area contributed by atoms with E-state index < -0.39 is 0 Å². The number of rotatable bonds is 4. The van der Waals surface area contributed by atoms with Crippen molar-refractivity contribution in [2.75, 3.05) is 0 Å². The number of fused-ring (bicyclic) bond motifs is 2. The van der Waals surface area contributed by atoms with Crippen LogP contribution >= 0.6 is 0 Å². The lowest BCUT2D eigenvalue weighted by Gasteiger charge is -2.22. The number of carbonyl (C=O) groups is 1. The zero-order chi connectivity index (χ0) is 13.2. The predicted octanol–water partition coefficient (Wildman–Crippen LogP) is 1.87. The minimum Gasteiger partial charge on any atom is -0.353 e. The minimum absolute atomic E-state index is 0.192. The van der Waals surface area contributed by atoms with Gasteiger partial charge in [0, 0.05) is 18.1 Å². The second-order valence-corrected chi connectivity index (χ2v) is 5.99. The average molecular weight is 258 g/mol. The Morgan fingerprint density at radius 3 is 2.79 bits per heavy atom. The van der Waals surface area contributed by atoms with Crippen molar-refractivity contribution in [1.29, 1.82) is 0 Å². The van der Waals surface area contributed by atoms with Crippen molar-refractivity contribution in [3.8, 4) is 0 Å². The molecule has 2 saturated heterocycles. The number of amides is 1. The molecule has 2 heterocycles. The highest BCUT2D eigenvalue weighted by Gasteiger charge is 2.42. The molecule has 2 N–H and O–H groups in total. The number of nitrogens with one attached hydrogen (secondary N) is 2. The van der Waals surface area contributed by atoms with Crippen LogP contribution in [0.25, 0.3) is 0 Å². The molecule has 0 radical (unpaired) electrons. The Morgan fingerprint density at radius 2 is 2.16 bits per heavy atom. The van der Waals surface area contributed by atoms with Crippen LogP contribution in [0.1, 0.15) is 31.7 Å². The van der Waals surface area contributed by atoms with E-state index in [-0.39, 0.29) is 17.9 Å². The van der Waals surface area contributed by atoms with Crippen LogP contribution in [0, 0.1) is 5.92 Å². The van der Waals surface area contributed by atoms with Gasteiger partial charge in [-0.05, 0) is 38.2 Å². The summed E-state index contributed by atoms with van der Waals surface area (Å²) in [5, 5.41) is 6.70. The quantitative estimate of drug-likeness (QED) is 0.865. The number of hydrogen-bond donors (Lipinski definition) is 2. The van der Waals surface area contributed by atoms with Crippen LogP contribution in [0.5, 0.6) is 0 Å². The van der Waals surface area contributed by atoms with Crippen LogP contribution in [-0.4, -0.2) is 24.0 Å². The number of carbonyl (C=O) groups excluding carboxylic acids is 1. The zero-order valence-corrected chi connectivity index (χ0v) is 11.4. The van der Waals surface area contributed by atoms with Crippen LogP contribution in [0.2, 0.25) is 0 Å². The van der Waals surface area contributed by atoms with Crippen LogP contribution in [0.4, 0.5) is 0 Å². The highest BCUT2D eigenvalue weighted by Crippen LogP contribution is 2.33. The van der Waals surface area contributed by atoms with Gasteiger partial charge in [-0.1, -0.05) is 30.3 Å². The lowest BCUT2D eigenvalue weighted by molar-refractivity contribution is -0.126. The van der Waals surface area contributed by atoms with Gasteiger partial charge in [0.05, 0.1) is 5.92 Å². The molecule has 0 saturated carbocycles. The van der Waals surface area contributed by atoms with Crippen molar-refractivity contribution >= 4 is 5.91 Å². The smallest absolute Gasteiger partial charge is 0.224 e. The topological polar surface area (TPSA) is 41.1 Å². The Morgan fingerprint density at radius 1 is 1.37 bits per heavy atom. The van der Waals surface area contributed by atoms with E-state index in [0.717, 1.165) is 19.3 Å². The second kappa shape index (κ2) is 5.33. The summed E-state index contributed by atoms with van der Waals surface area (Å²) in [5.74, 6) is 0.431. The molecule has 1 aromatic carbocycles. The summed E-state index contributed by atoms with van der Waals surface area (Å²) < 4.78 is 0. The first kappa shape index (κ1) is 12.7. The van der Waals surface area contributed by atoms with Crippen LogP contribution in [0.15, 0.2) is 30.3 Å². The second-order valence-electron chi connectivity index (χ2n) is 5.99. The van der Waals surface area contributed by atoms with Crippen LogP contribution in [-0.2, 0) is 11.2 Å². The van der Waals surface area contributed by atoms with Gasteiger partial charge in [0.2, 0.25) is 5.91 Å². The van der Waals surface area contributed by atoms with Crippen molar-refractivity contribution in [2.24, 2.45) is 5.92 Å². The lowest BCUT2D eigenvalue weighted by Crippen LogP contribution is -2.42. The molecular weight excluding hydrogens is 236 g/mol. The highest BCUT2D eigenvalue weighted by molar-refractivity contribution is 5.80. The highest BCUT2D eigenvalue weighted by atomic mass is 16.2. The van der Waals surface area contributed by atoms with Gasteiger partial charge in [-0.2, -0.15) is 0 Å². The van der Waals surface area contributed by atoms with E-state index in [1.807, 2.05) is 18.2 Å². The summed E-state index contributed by atoms with van der Waals surface area (Å²) in [6.45, 7) is 2.09. The fourth-order valence-electron chi connectivity index (χ4n) is 3.48. The summed E-state index contributed by atoms with van der Waals surface area (Å²) in [5.41, 5.74) is 1.28.